The average molecular weight is 259 g/mol. The van der Waals surface area contributed by atoms with Gasteiger partial charge in [0.25, 0.3) is 5.91 Å². The second-order valence-electron chi connectivity index (χ2n) is 4.32. The second-order valence-corrected chi connectivity index (χ2v) is 4.32. The zero-order chi connectivity index (χ0) is 13.1. The molecule has 1 fully saturated rings. The first-order chi connectivity index (χ1) is 9.33. The number of likely N-dealkylation sites (tertiary alicyclic amines) is 1. The zero-order valence-corrected chi connectivity index (χ0v) is 10.2. The van der Waals surface area contributed by atoms with E-state index in [9.17, 15) is 4.79 Å². The molecule has 0 spiro atoms. The highest BCUT2D eigenvalue weighted by Crippen LogP contribution is 2.18. The van der Waals surface area contributed by atoms with Crippen LogP contribution in [0.5, 0.6) is 5.88 Å². The van der Waals surface area contributed by atoms with Gasteiger partial charge in [-0.2, -0.15) is 5.10 Å². The van der Waals surface area contributed by atoms with Crippen LogP contribution in [0.25, 0.3) is 0 Å². The Kier molecular flexibility index (Phi) is 3.14. The van der Waals surface area contributed by atoms with E-state index < -0.39 is 0 Å². The Labute approximate surface area is 110 Å². The Bertz CT molecular complexity index is 542. The molecule has 2 aromatic rings. The van der Waals surface area contributed by atoms with Gasteiger partial charge in [0, 0.05) is 25.2 Å². The predicted octanol–water partition coefficient (Wildman–Crippen LogP) is 1.36. The number of nitrogens with zero attached hydrogens (tertiary/aromatic N) is 3. The van der Waals surface area contributed by atoms with Crippen LogP contribution in [0.1, 0.15) is 17.0 Å². The van der Waals surface area contributed by atoms with Crippen LogP contribution in [0.15, 0.2) is 41.1 Å². The minimum atomic E-state index is -0.102. The first-order valence-electron chi connectivity index (χ1n) is 6.10. The van der Waals surface area contributed by atoms with Gasteiger partial charge >= 0.3 is 0 Å². The van der Waals surface area contributed by atoms with E-state index in [-0.39, 0.29) is 12.0 Å². The summed E-state index contributed by atoms with van der Waals surface area (Å²) in [6, 6.07) is 6.89. The Hall–Kier alpha value is -2.37. The van der Waals surface area contributed by atoms with Crippen molar-refractivity contribution in [2.45, 2.75) is 12.5 Å². The maximum Gasteiger partial charge on any atom is 0.289 e. The molecule has 0 N–H and O–H groups in total. The molecule has 1 atom stereocenters. The number of furan rings is 1. The van der Waals surface area contributed by atoms with Crippen molar-refractivity contribution in [2.75, 3.05) is 13.1 Å². The number of carbonyl (C=O) groups is 1. The van der Waals surface area contributed by atoms with Crippen LogP contribution in [-0.4, -0.2) is 40.2 Å². The van der Waals surface area contributed by atoms with Crippen molar-refractivity contribution in [2.24, 2.45) is 0 Å². The molecule has 0 aliphatic carbocycles. The summed E-state index contributed by atoms with van der Waals surface area (Å²) in [5.41, 5.74) is 0. The molecule has 6 heteroatoms. The number of aromatic nitrogens is 2. The van der Waals surface area contributed by atoms with Crippen LogP contribution < -0.4 is 4.74 Å². The molecular formula is C13H13N3O3. The monoisotopic (exact) mass is 259 g/mol. The van der Waals surface area contributed by atoms with E-state index in [4.69, 9.17) is 9.15 Å². The van der Waals surface area contributed by atoms with Gasteiger partial charge in [-0.15, -0.1) is 5.10 Å². The number of ether oxygens (including phenoxy) is 1. The summed E-state index contributed by atoms with van der Waals surface area (Å²) < 4.78 is 10.8. The normalized spacial score (nSPS) is 18.5. The minimum absolute atomic E-state index is 0.0457. The van der Waals surface area contributed by atoms with Crippen molar-refractivity contribution in [3.8, 4) is 5.88 Å². The lowest BCUT2D eigenvalue weighted by Gasteiger charge is -2.15. The summed E-state index contributed by atoms with van der Waals surface area (Å²) in [7, 11) is 0. The Morgan fingerprint density at radius 2 is 2.37 bits per heavy atom. The predicted molar refractivity (Wildman–Crippen MR) is 65.7 cm³/mol. The van der Waals surface area contributed by atoms with Gasteiger partial charge in [-0.1, -0.05) is 0 Å². The smallest absolute Gasteiger partial charge is 0.289 e. The fourth-order valence-electron chi connectivity index (χ4n) is 2.09. The van der Waals surface area contributed by atoms with Gasteiger partial charge in [0.1, 0.15) is 6.10 Å². The van der Waals surface area contributed by atoms with E-state index in [1.54, 1.807) is 35.4 Å². The van der Waals surface area contributed by atoms with Crippen LogP contribution in [0.3, 0.4) is 0 Å². The van der Waals surface area contributed by atoms with Crippen LogP contribution in [0, 0.1) is 0 Å². The van der Waals surface area contributed by atoms with Crippen molar-refractivity contribution in [3.05, 3.63) is 42.5 Å². The number of rotatable bonds is 3. The highest BCUT2D eigenvalue weighted by atomic mass is 16.5. The average Bonchev–Trinajstić information content (AvgIpc) is 3.10. The van der Waals surface area contributed by atoms with Crippen LogP contribution in [0.4, 0.5) is 0 Å². The van der Waals surface area contributed by atoms with Crippen LogP contribution in [-0.2, 0) is 0 Å². The largest absolute Gasteiger partial charge is 0.471 e. The lowest BCUT2D eigenvalue weighted by molar-refractivity contribution is 0.0739. The first kappa shape index (κ1) is 11.7. The maximum atomic E-state index is 12.1. The van der Waals surface area contributed by atoms with E-state index >= 15 is 0 Å². The molecule has 0 unspecified atom stereocenters. The Balaban J connectivity index is 1.60. The van der Waals surface area contributed by atoms with Gasteiger partial charge in [-0.05, 0) is 18.2 Å². The third-order valence-electron chi connectivity index (χ3n) is 3.00. The molecule has 19 heavy (non-hydrogen) atoms. The highest BCUT2D eigenvalue weighted by molar-refractivity contribution is 5.91. The highest BCUT2D eigenvalue weighted by Gasteiger charge is 2.29. The molecule has 6 nitrogen and oxygen atoms in total. The van der Waals surface area contributed by atoms with Gasteiger partial charge in [0.2, 0.25) is 5.88 Å². The molecule has 3 heterocycles. The molecule has 1 aliphatic heterocycles. The van der Waals surface area contributed by atoms with Gasteiger partial charge in [0.05, 0.1) is 12.8 Å². The zero-order valence-electron chi connectivity index (χ0n) is 10.2. The third kappa shape index (κ3) is 2.57. The molecule has 1 amide bonds. The van der Waals surface area contributed by atoms with Gasteiger partial charge in [-0.25, -0.2) is 0 Å². The molecular weight excluding hydrogens is 246 g/mol. The number of amides is 1. The van der Waals surface area contributed by atoms with E-state index in [1.165, 1.54) is 6.26 Å². The van der Waals surface area contributed by atoms with Gasteiger partial charge in [0.15, 0.2) is 5.76 Å². The van der Waals surface area contributed by atoms with E-state index in [0.717, 1.165) is 6.42 Å². The minimum Gasteiger partial charge on any atom is -0.471 e. The van der Waals surface area contributed by atoms with E-state index in [0.29, 0.717) is 24.7 Å². The van der Waals surface area contributed by atoms with Crippen molar-refractivity contribution in [1.29, 1.82) is 0 Å². The second kappa shape index (κ2) is 5.09. The van der Waals surface area contributed by atoms with Gasteiger partial charge < -0.3 is 14.1 Å². The van der Waals surface area contributed by atoms with Crippen LogP contribution >= 0.6 is 0 Å². The summed E-state index contributed by atoms with van der Waals surface area (Å²) in [5.74, 6) is 0.746. The van der Waals surface area contributed by atoms with Crippen molar-refractivity contribution in [1.82, 2.24) is 15.1 Å². The quantitative estimate of drug-likeness (QED) is 0.832. The van der Waals surface area contributed by atoms with E-state index in [2.05, 4.69) is 10.2 Å². The lowest BCUT2D eigenvalue weighted by atomic mass is 10.3. The standard InChI is InChI=1S/C13H13N3O3/c17-13(11-3-2-8-18-11)16-7-5-10(9-16)19-12-4-1-6-14-15-12/h1-4,6,8,10H,5,7,9H2/t10-/m1/s1. The summed E-state index contributed by atoms with van der Waals surface area (Å²) in [5, 5.41) is 7.62. The molecule has 0 aromatic carbocycles. The fraction of sp³-hybridized carbons (Fsp3) is 0.308. The lowest BCUT2D eigenvalue weighted by Crippen LogP contribution is -2.30. The SMILES string of the molecule is O=C(c1ccco1)N1CC[C@@H](Oc2cccnn2)C1. The Morgan fingerprint density at radius 1 is 1.42 bits per heavy atom. The topological polar surface area (TPSA) is 68.5 Å². The Morgan fingerprint density at radius 3 is 3.11 bits per heavy atom. The fourth-order valence-corrected chi connectivity index (χ4v) is 2.09. The third-order valence-corrected chi connectivity index (χ3v) is 3.00. The van der Waals surface area contributed by atoms with Gasteiger partial charge in [-0.3, -0.25) is 4.79 Å². The first-order valence-corrected chi connectivity index (χ1v) is 6.10. The molecule has 98 valence electrons. The maximum absolute atomic E-state index is 12.1. The molecule has 0 saturated carbocycles. The summed E-state index contributed by atoms with van der Waals surface area (Å²) in [4.78, 5) is 13.8. The molecule has 0 bridgehead atoms. The van der Waals surface area contributed by atoms with Crippen molar-refractivity contribution in [3.63, 3.8) is 0 Å². The van der Waals surface area contributed by atoms with Crippen molar-refractivity contribution >= 4 is 5.91 Å². The number of hydrogen-bond donors (Lipinski definition) is 0. The molecule has 3 rings (SSSR count). The van der Waals surface area contributed by atoms with Crippen LogP contribution in [0.2, 0.25) is 0 Å². The number of carbonyl (C=O) groups excluding carboxylic acids is 1. The summed E-state index contributed by atoms with van der Waals surface area (Å²) in [6.07, 6.45) is 3.82. The molecule has 1 aliphatic rings. The molecule has 1 saturated heterocycles. The summed E-state index contributed by atoms with van der Waals surface area (Å²) in [6.45, 7) is 1.20. The summed E-state index contributed by atoms with van der Waals surface area (Å²) >= 11 is 0. The molecule has 2 aromatic heterocycles. The van der Waals surface area contributed by atoms with Crippen molar-refractivity contribution < 1.29 is 13.9 Å². The molecule has 0 radical (unpaired) electrons. The van der Waals surface area contributed by atoms with E-state index in [1.807, 2.05) is 0 Å². The number of hydrogen-bond acceptors (Lipinski definition) is 5.